The van der Waals surface area contributed by atoms with Crippen molar-refractivity contribution in [3.8, 4) is 11.3 Å². The van der Waals surface area contributed by atoms with Crippen LogP contribution < -0.4 is 5.43 Å². The summed E-state index contributed by atoms with van der Waals surface area (Å²) in [6.07, 6.45) is 4.41. The monoisotopic (exact) mass is 393 g/mol. The molecule has 0 spiro atoms. The molecule has 0 bridgehead atoms. The molecule has 0 unspecified atom stereocenters. The summed E-state index contributed by atoms with van der Waals surface area (Å²) in [5.74, 6) is 0.566. The van der Waals surface area contributed by atoms with Crippen LogP contribution >= 0.6 is 34.8 Å². The number of nitrogens with zero attached hydrogens (tertiary/aromatic N) is 2. The first-order valence-electron chi connectivity index (χ1n) is 7.03. The molecule has 0 aliphatic carbocycles. The minimum Gasteiger partial charge on any atom is -0.455 e. The van der Waals surface area contributed by atoms with Crippen molar-refractivity contribution in [1.29, 1.82) is 0 Å². The molecule has 25 heavy (non-hydrogen) atoms. The Morgan fingerprint density at radius 2 is 1.92 bits per heavy atom. The number of amides is 1. The maximum atomic E-state index is 11.8. The van der Waals surface area contributed by atoms with Gasteiger partial charge in [-0.15, -0.1) is 0 Å². The summed E-state index contributed by atoms with van der Waals surface area (Å²) in [6, 6.07) is 9.87. The second-order valence-electron chi connectivity index (χ2n) is 4.89. The van der Waals surface area contributed by atoms with Crippen LogP contribution in [0.1, 0.15) is 16.1 Å². The topological polar surface area (TPSA) is 67.5 Å². The molecular formula is C17H10Cl3N3O2. The molecule has 0 saturated carbocycles. The zero-order chi connectivity index (χ0) is 17.8. The van der Waals surface area contributed by atoms with Gasteiger partial charge in [-0.1, -0.05) is 34.8 Å². The van der Waals surface area contributed by atoms with Crippen LogP contribution in [0, 0.1) is 0 Å². The molecule has 126 valence electrons. The number of nitrogens with one attached hydrogen (secondary N) is 1. The van der Waals surface area contributed by atoms with Gasteiger partial charge in [-0.25, -0.2) is 5.43 Å². The van der Waals surface area contributed by atoms with Crippen LogP contribution in [0.3, 0.4) is 0 Å². The van der Waals surface area contributed by atoms with Gasteiger partial charge < -0.3 is 4.42 Å². The fourth-order valence-electron chi connectivity index (χ4n) is 1.99. The minimum atomic E-state index is -0.372. The lowest BCUT2D eigenvalue weighted by molar-refractivity contribution is 0.0955. The average Bonchev–Trinajstić information content (AvgIpc) is 3.07. The third-order valence-corrected chi connectivity index (χ3v) is 4.22. The van der Waals surface area contributed by atoms with E-state index in [1.165, 1.54) is 12.4 Å². The van der Waals surface area contributed by atoms with Gasteiger partial charge in [0.15, 0.2) is 0 Å². The molecule has 0 atom stereocenters. The number of hydrogen-bond acceptors (Lipinski definition) is 4. The van der Waals surface area contributed by atoms with Gasteiger partial charge in [0, 0.05) is 18.0 Å². The largest absolute Gasteiger partial charge is 0.455 e. The lowest BCUT2D eigenvalue weighted by Gasteiger charge is -2.03. The number of hydrazone groups is 1. The van der Waals surface area contributed by atoms with E-state index in [0.717, 1.165) is 0 Å². The molecule has 3 aromatic rings. The zero-order valence-electron chi connectivity index (χ0n) is 12.5. The predicted octanol–water partition coefficient (Wildman–Crippen LogP) is 5.07. The number of carbonyl (C=O) groups is 1. The van der Waals surface area contributed by atoms with Crippen LogP contribution in [0.25, 0.3) is 11.3 Å². The number of halogens is 3. The standard InChI is InChI=1S/C17H10Cl3N3O2/c18-13-7-15(20)14(19)6-12(13)16-4-3-11(25-16)9-22-23-17(24)10-2-1-5-21-8-10/h1-9H,(H,23,24)/b22-9-. The SMILES string of the molecule is O=C(N/N=C\c1ccc(-c2cc(Cl)c(Cl)cc2Cl)o1)c1cccnc1. The molecular weight excluding hydrogens is 385 g/mol. The van der Waals surface area contributed by atoms with Crippen molar-refractivity contribution in [3.63, 3.8) is 0 Å². The van der Waals surface area contributed by atoms with Crippen molar-refractivity contribution in [2.45, 2.75) is 0 Å². The lowest BCUT2D eigenvalue weighted by Crippen LogP contribution is -2.17. The first-order chi connectivity index (χ1) is 12.0. The fraction of sp³-hybridized carbons (Fsp3) is 0. The fourth-order valence-corrected chi connectivity index (χ4v) is 2.63. The summed E-state index contributed by atoms with van der Waals surface area (Å²) in [7, 11) is 0. The zero-order valence-corrected chi connectivity index (χ0v) is 14.8. The highest BCUT2D eigenvalue weighted by Crippen LogP contribution is 2.35. The number of hydrogen-bond donors (Lipinski definition) is 1. The van der Waals surface area contributed by atoms with Gasteiger partial charge in [-0.3, -0.25) is 9.78 Å². The maximum Gasteiger partial charge on any atom is 0.272 e. The summed E-state index contributed by atoms with van der Waals surface area (Å²) in [6.45, 7) is 0. The Bertz CT molecular complexity index is 940. The first-order valence-corrected chi connectivity index (χ1v) is 8.16. The number of furan rings is 1. The summed E-state index contributed by atoms with van der Waals surface area (Å²) in [4.78, 5) is 15.7. The van der Waals surface area contributed by atoms with Crippen LogP contribution in [0.4, 0.5) is 0 Å². The highest BCUT2D eigenvalue weighted by Gasteiger charge is 2.11. The highest BCUT2D eigenvalue weighted by atomic mass is 35.5. The van der Waals surface area contributed by atoms with Crippen LogP contribution in [0.2, 0.25) is 15.1 Å². The molecule has 0 aliphatic rings. The van der Waals surface area contributed by atoms with Crippen LogP contribution in [-0.4, -0.2) is 17.1 Å². The van der Waals surface area contributed by atoms with Gasteiger partial charge in [0.1, 0.15) is 11.5 Å². The normalized spacial score (nSPS) is 11.0. The molecule has 0 aliphatic heterocycles. The van der Waals surface area contributed by atoms with E-state index >= 15 is 0 Å². The van der Waals surface area contributed by atoms with Crippen molar-refractivity contribution < 1.29 is 9.21 Å². The molecule has 1 aromatic carbocycles. The molecule has 0 fully saturated rings. The Labute approximate surface area is 158 Å². The summed E-state index contributed by atoms with van der Waals surface area (Å²) in [5, 5.41) is 5.00. The first kappa shape index (κ1) is 17.5. The quantitative estimate of drug-likeness (QED) is 0.382. The second kappa shape index (κ2) is 7.70. The molecule has 2 aromatic heterocycles. The smallest absolute Gasteiger partial charge is 0.272 e. The highest BCUT2D eigenvalue weighted by molar-refractivity contribution is 6.44. The van der Waals surface area contributed by atoms with Crippen LogP contribution in [-0.2, 0) is 0 Å². The van der Waals surface area contributed by atoms with Gasteiger partial charge in [-0.2, -0.15) is 5.10 Å². The third-order valence-electron chi connectivity index (χ3n) is 3.18. The average molecular weight is 395 g/mol. The van der Waals surface area contributed by atoms with E-state index in [-0.39, 0.29) is 5.91 Å². The summed E-state index contributed by atoms with van der Waals surface area (Å²) >= 11 is 18.1. The van der Waals surface area contributed by atoms with E-state index < -0.39 is 0 Å². The van der Waals surface area contributed by atoms with Gasteiger partial charge in [0.05, 0.1) is 26.8 Å². The lowest BCUT2D eigenvalue weighted by atomic mass is 10.2. The Balaban J connectivity index is 1.72. The minimum absolute atomic E-state index is 0.363. The number of rotatable bonds is 4. The number of aromatic nitrogens is 1. The van der Waals surface area contributed by atoms with E-state index in [1.54, 1.807) is 42.6 Å². The van der Waals surface area contributed by atoms with Gasteiger partial charge >= 0.3 is 0 Å². The second-order valence-corrected chi connectivity index (χ2v) is 6.11. The molecule has 5 nitrogen and oxygen atoms in total. The number of pyridine rings is 1. The van der Waals surface area contributed by atoms with Gasteiger partial charge in [-0.05, 0) is 36.4 Å². The van der Waals surface area contributed by atoms with Crippen molar-refractivity contribution in [2.24, 2.45) is 5.10 Å². The van der Waals surface area contributed by atoms with Gasteiger partial charge in [0.2, 0.25) is 0 Å². The van der Waals surface area contributed by atoms with E-state index in [0.29, 0.717) is 37.7 Å². The number of benzene rings is 1. The molecule has 1 amide bonds. The molecule has 0 radical (unpaired) electrons. The number of carbonyl (C=O) groups excluding carboxylic acids is 1. The summed E-state index contributed by atoms with van der Waals surface area (Å²) < 4.78 is 5.63. The molecule has 2 heterocycles. The Kier molecular flexibility index (Phi) is 5.38. The third kappa shape index (κ3) is 4.20. The molecule has 3 rings (SSSR count). The van der Waals surface area contributed by atoms with Crippen molar-refractivity contribution in [2.75, 3.05) is 0 Å². The van der Waals surface area contributed by atoms with Crippen molar-refractivity contribution >= 4 is 46.9 Å². The van der Waals surface area contributed by atoms with E-state index in [4.69, 9.17) is 39.2 Å². The molecule has 8 heteroatoms. The summed E-state index contributed by atoms with van der Waals surface area (Å²) in [5.41, 5.74) is 3.40. The Morgan fingerprint density at radius 1 is 1.12 bits per heavy atom. The van der Waals surface area contributed by atoms with Gasteiger partial charge in [0.25, 0.3) is 5.91 Å². The van der Waals surface area contributed by atoms with E-state index in [2.05, 4.69) is 15.5 Å². The maximum absolute atomic E-state index is 11.8. The molecule has 0 saturated heterocycles. The van der Waals surface area contributed by atoms with E-state index in [1.807, 2.05) is 0 Å². The predicted molar refractivity (Wildman–Crippen MR) is 98.5 cm³/mol. The molecule has 1 N–H and O–H groups in total. The Morgan fingerprint density at radius 3 is 2.68 bits per heavy atom. The Hall–Kier alpha value is -2.34. The van der Waals surface area contributed by atoms with Crippen LogP contribution in [0.15, 0.2) is 58.3 Å². The van der Waals surface area contributed by atoms with E-state index in [9.17, 15) is 4.79 Å². The van der Waals surface area contributed by atoms with Crippen molar-refractivity contribution in [3.05, 3.63) is 75.2 Å². The van der Waals surface area contributed by atoms with Crippen LogP contribution in [0.5, 0.6) is 0 Å². The van der Waals surface area contributed by atoms with Crippen molar-refractivity contribution in [1.82, 2.24) is 10.4 Å².